The highest BCUT2D eigenvalue weighted by molar-refractivity contribution is 5.84. The van der Waals surface area contributed by atoms with Crippen molar-refractivity contribution >= 4 is 11.9 Å². The summed E-state index contributed by atoms with van der Waals surface area (Å²) in [6, 6.07) is 8.73. The van der Waals surface area contributed by atoms with Crippen LogP contribution in [0, 0.1) is 5.41 Å². The van der Waals surface area contributed by atoms with Crippen molar-refractivity contribution in [1.29, 1.82) is 0 Å². The standard InChI is InChI=1S/C22H29F3N4O2/c1-4-26-19(30)21(2,3)15-29-20(27-11-10-18-9-6-12-31-18)28-14-16-7-5-8-17(13-16)22(23,24)25/h5-9,12-13H,4,10-11,14-15H2,1-3H3,(H,26,30)(H2,27,28,29). The van der Waals surface area contributed by atoms with E-state index in [9.17, 15) is 18.0 Å². The van der Waals surface area contributed by atoms with Crippen LogP contribution < -0.4 is 16.0 Å². The molecular formula is C22H29F3N4O2. The Hall–Kier alpha value is -2.97. The first kappa shape index (κ1) is 24.3. The van der Waals surface area contributed by atoms with Crippen LogP contribution in [-0.4, -0.2) is 31.5 Å². The number of hydrogen-bond acceptors (Lipinski definition) is 3. The third-order valence-corrected chi connectivity index (χ3v) is 4.57. The molecule has 0 aliphatic rings. The molecule has 0 saturated carbocycles. The van der Waals surface area contributed by atoms with Gasteiger partial charge in [0.1, 0.15) is 5.76 Å². The maximum Gasteiger partial charge on any atom is 0.416 e. The molecule has 0 bridgehead atoms. The number of halogens is 3. The Balaban J connectivity index is 2.07. The molecule has 0 spiro atoms. The minimum atomic E-state index is -4.40. The second-order valence-electron chi connectivity index (χ2n) is 7.72. The summed E-state index contributed by atoms with van der Waals surface area (Å²) in [4.78, 5) is 16.6. The number of benzene rings is 1. The third kappa shape index (κ3) is 7.99. The van der Waals surface area contributed by atoms with Crippen LogP contribution in [0.15, 0.2) is 52.1 Å². The number of aliphatic imine (C=N–C) groups is 1. The lowest BCUT2D eigenvalue weighted by Crippen LogP contribution is -2.48. The summed E-state index contributed by atoms with van der Waals surface area (Å²) in [6.07, 6.45) is -2.21. The summed E-state index contributed by atoms with van der Waals surface area (Å²) in [6.45, 7) is 6.84. The van der Waals surface area contributed by atoms with E-state index in [1.54, 1.807) is 32.2 Å². The van der Waals surface area contributed by atoms with Gasteiger partial charge in [-0.1, -0.05) is 12.1 Å². The molecule has 9 heteroatoms. The van der Waals surface area contributed by atoms with Gasteiger partial charge in [0.05, 0.1) is 23.8 Å². The second-order valence-corrected chi connectivity index (χ2v) is 7.72. The number of alkyl halides is 3. The van der Waals surface area contributed by atoms with Crippen molar-refractivity contribution in [3.8, 4) is 0 Å². The number of guanidine groups is 1. The molecule has 0 atom stereocenters. The van der Waals surface area contributed by atoms with Gasteiger partial charge in [-0.2, -0.15) is 13.2 Å². The molecule has 3 N–H and O–H groups in total. The summed E-state index contributed by atoms with van der Waals surface area (Å²) >= 11 is 0. The monoisotopic (exact) mass is 438 g/mol. The van der Waals surface area contributed by atoms with E-state index < -0.39 is 17.2 Å². The van der Waals surface area contributed by atoms with Crippen molar-refractivity contribution in [2.75, 3.05) is 19.6 Å². The second kappa shape index (κ2) is 10.9. The van der Waals surface area contributed by atoms with Gasteiger partial charge in [0.15, 0.2) is 5.96 Å². The first-order valence-electron chi connectivity index (χ1n) is 10.1. The lowest BCUT2D eigenvalue weighted by atomic mass is 9.92. The molecule has 31 heavy (non-hydrogen) atoms. The molecule has 170 valence electrons. The minimum Gasteiger partial charge on any atom is -0.469 e. The van der Waals surface area contributed by atoms with Crippen LogP contribution in [0.2, 0.25) is 0 Å². The van der Waals surface area contributed by atoms with E-state index in [0.717, 1.165) is 17.9 Å². The molecule has 1 amide bonds. The maximum absolute atomic E-state index is 13.0. The Morgan fingerprint density at radius 1 is 1.10 bits per heavy atom. The first-order chi connectivity index (χ1) is 14.6. The highest BCUT2D eigenvalue weighted by atomic mass is 19.4. The molecule has 0 fully saturated rings. The summed E-state index contributed by atoms with van der Waals surface area (Å²) < 4.78 is 44.2. The molecule has 0 saturated heterocycles. The van der Waals surface area contributed by atoms with Gasteiger partial charge < -0.3 is 20.4 Å². The van der Waals surface area contributed by atoms with Crippen molar-refractivity contribution < 1.29 is 22.4 Å². The lowest BCUT2D eigenvalue weighted by Gasteiger charge is -2.25. The number of amides is 1. The van der Waals surface area contributed by atoms with Crippen LogP contribution in [0.1, 0.15) is 37.7 Å². The Morgan fingerprint density at radius 3 is 2.52 bits per heavy atom. The Kier molecular flexibility index (Phi) is 8.53. The zero-order chi connectivity index (χ0) is 22.9. The first-order valence-corrected chi connectivity index (χ1v) is 10.1. The highest BCUT2D eigenvalue weighted by Gasteiger charge is 2.30. The van der Waals surface area contributed by atoms with Crippen LogP contribution in [0.25, 0.3) is 0 Å². The Morgan fingerprint density at radius 2 is 1.87 bits per heavy atom. The number of carbonyl (C=O) groups excluding carboxylic acids is 1. The van der Waals surface area contributed by atoms with Crippen LogP contribution >= 0.6 is 0 Å². The number of nitrogens with zero attached hydrogens (tertiary/aromatic N) is 1. The van der Waals surface area contributed by atoms with E-state index in [1.807, 2.05) is 13.0 Å². The van der Waals surface area contributed by atoms with Crippen molar-refractivity contribution in [1.82, 2.24) is 16.0 Å². The number of rotatable bonds is 9. The molecule has 0 radical (unpaired) electrons. The van der Waals surface area contributed by atoms with Gasteiger partial charge >= 0.3 is 6.18 Å². The number of furan rings is 1. The Labute approximate surface area is 180 Å². The van der Waals surface area contributed by atoms with Crippen LogP contribution in [0.3, 0.4) is 0 Å². The fourth-order valence-electron chi connectivity index (χ4n) is 2.73. The SMILES string of the molecule is CCNC(=O)C(C)(C)CNC(=NCc1cccc(C(F)(F)F)c1)NCCc1ccco1. The minimum absolute atomic E-state index is 0.0571. The van der Waals surface area contributed by atoms with Crippen LogP contribution in [0.5, 0.6) is 0 Å². The van der Waals surface area contributed by atoms with Gasteiger partial charge in [0, 0.05) is 26.1 Å². The number of nitrogens with one attached hydrogen (secondary N) is 3. The van der Waals surface area contributed by atoms with Gasteiger partial charge in [-0.3, -0.25) is 4.79 Å². The van der Waals surface area contributed by atoms with E-state index in [1.165, 1.54) is 6.07 Å². The van der Waals surface area contributed by atoms with Crippen molar-refractivity contribution in [3.05, 3.63) is 59.5 Å². The van der Waals surface area contributed by atoms with E-state index in [0.29, 0.717) is 37.6 Å². The smallest absolute Gasteiger partial charge is 0.416 e. The zero-order valence-electron chi connectivity index (χ0n) is 18.0. The van der Waals surface area contributed by atoms with Crippen LogP contribution in [0.4, 0.5) is 13.2 Å². The molecule has 1 aromatic heterocycles. The van der Waals surface area contributed by atoms with E-state index in [2.05, 4.69) is 20.9 Å². The summed E-state index contributed by atoms with van der Waals surface area (Å²) in [5.41, 5.74) is -0.974. The highest BCUT2D eigenvalue weighted by Crippen LogP contribution is 2.29. The van der Waals surface area contributed by atoms with Crippen molar-refractivity contribution in [2.24, 2.45) is 10.4 Å². The third-order valence-electron chi connectivity index (χ3n) is 4.57. The predicted molar refractivity (Wildman–Crippen MR) is 113 cm³/mol. The van der Waals surface area contributed by atoms with Crippen molar-refractivity contribution in [3.63, 3.8) is 0 Å². The van der Waals surface area contributed by atoms with E-state index >= 15 is 0 Å². The maximum atomic E-state index is 13.0. The quantitative estimate of drug-likeness (QED) is 0.412. The lowest BCUT2D eigenvalue weighted by molar-refractivity contribution is -0.137. The summed E-state index contributed by atoms with van der Waals surface area (Å²) in [7, 11) is 0. The molecule has 0 unspecified atom stereocenters. The van der Waals surface area contributed by atoms with Gasteiger partial charge in [0.2, 0.25) is 5.91 Å². The predicted octanol–water partition coefficient (Wildman–Crippen LogP) is 3.74. The number of carbonyl (C=O) groups is 1. The number of hydrogen-bond donors (Lipinski definition) is 3. The van der Waals surface area contributed by atoms with Gasteiger partial charge in [-0.05, 0) is 50.6 Å². The molecule has 2 rings (SSSR count). The average molecular weight is 438 g/mol. The summed E-state index contributed by atoms with van der Waals surface area (Å²) in [5, 5.41) is 9.05. The van der Waals surface area contributed by atoms with Gasteiger partial charge in [-0.15, -0.1) is 0 Å². The normalized spacial score (nSPS) is 12.5. The summed E-state index contributed by atoms with van der Waals surface area (Å²) in [5.74, 6) is 1.10. The molecular weight excluding hydrogens is 409 g/mol. The molecule has 6 nitrogen and oxygen atoms in total. The fraction of sp³-hybridized carbons (Fsp3) is 0.455. The van der Waals surface area contributed by atoms with E-state index in [-0.39, 0.29) is 12.5 Å². The van der Waals surface area contributed by atoms with Crippen molar-refractivity contribution in [2.45, 2.75) is 39.9 Å². The molecule has 2 aromatic rings. The average Bonchev–Trinajstić information content (AvgIpc) is 3.23. The van der Waals surface area contributed by atoms with Gasteiger partial charge in [-0.25, -0.2) is 4.99 Å². The fourth-order valence-corrected chi connectivity index (χ4v) is 2.73. The topological polar surface area (TPSA) is 78.7 Å². The molecule has 1 aromatic carbocycles. The molecule has 1 heterocycles. The zero-order valence-corrected chi connectivity index (χ0v) is 18.0. The molecule has 0 aliphatic heterocycles. The largest absolute Gasteiger partial charge is 0.469 e. The van der Waals surface area contributed by atoms with Gasteiger partial charge in [0.25, 0.3) is 0 Å². The Bertz CT molecular complexity index is 862. The van der Waals surface area contributed by atoms with E-state index in [4.69, 9.17) is 4.42 Å². The van der Waals surface area contributed by atoms with Crippen LogP contribution in [-0.2, 0) is 23.9 Å². The molecule has 0 aliphatic carbocycles.